The molecule has 4 heterocycles. The zero-order chi connectivity index (χ0) is 22.1. The highest BCUT2D eigenvalue weighted by atomic mass is 16.6. The molecule has 10 heteroatoms. The van der Waals surface area contributed by atoms with Crippen LogP contribution >= 0.6 is 0 Å². The highest BCUT2D eigenvalue weighted by Crippen LogP contribution is 2.31. The maximum atomic E-state index is 12.0. The Kier molecular flexibility index (Phi) is 5.69. The van der Waals surface area contributed by atoms with Gasteiger partial charge in [-0.3, -0.25) is 4.90 Å². The number of aromatic amines is 1. The molecule has 1 saturated heterocycles. The number of hydrogen-bond acceptors (Lipinski definition) is 7. The van der Waals surface area contributed by atoms with Crippen molar-refractivity contribution in [3.63, 3.8) is 0 Å². The predicted molar refractivity (Wildman–Crippen MR) is 117 cm³/mol. The molecule has 0 spiro atoms. The Balaban J connectivity index is 1.25. The third-order valence-electron chi connectivity index (χ3n) is 6.52. The van der Waals surface area contributed by atoms with Crippen molar-refractivity contribution in [2.45, 2.75) is 45.3 Å². The van der Waals surface area contributed by atoms with Gasteiger partial charge in [0.05, 0.1) is 26.3 Å². The molecule has 0 bridgehead atoms. The van der Waals surface area contributed by atoms with Gasteiger partial charge in [-0.25, -0.2) is 9.48 Å². The molecule has 1 fully saturated rings. The number of piperidine rings is 1. The largest absolute Gasteiger partial charge is 0.497 e. The Bertz CT molecular complexity index is 1100. The Morgan fingerprint density at radius 2 is 2.09 bits per heavy atom. The molecule has 1 amide bonds. The average molecular weight is 440 g/mol. The highest BCUT2D eigenvalue weighted by Gasteiger charge is 2.28. The number of ether oxygens (including phenoxy) is 2. The van der Waals surface area contributed by atoms with Gasteiger partial charge >= 0.3 is 6.09 Å². The summed E-state index contributed by atoms with van der Waals surface area (Å²) in [5, 5.41) is 13.8. The number of amides is 1. The molecule has 0 radical (unpaired) electrons. The van der Waals surface area contributed by atoms with Crippen LogP contribution in [0.3, 0.4) is 0 Å². The maximum Gasteiger partial charge on any atom is 0.409 e. The van der Waals surface area contributed by atoms with Crippen LogP contribution in [0.15, 0.2) is 18.2 Å². The lowest BCUT2D eigenvalue weighted by molar-refractivity contribution is 0.0906. The summed E-state index contributed by atoms with van der Waals surface area (Å²) in [5.74, 6) is 1.76. The number of tetrazole rings is 1. The number of nitrogens with one attached hydrogen (secondary N) is 1. The SMILES string of the molecule is CCOC(=O)N1CCC(n2nnnc2CN2CCc3c([nH]c4ccc(OC)cc34)C2)CC1. The maximum absolute atomic E-state index is 12.0. The van der Waals surface area contributed by atoms with Crippen LogP contribution in [-0.2, 0) is 24.2 Å². The summed E-state index contributed by atoms with van der Waals surface area (Å²) in [4.78, 5) is 19.7. The summed E-state index contributed by atoms with van der Waals surface area (Å²) in [6, 6.07) is 6.39. The number of rotatable bonds is 5. The Hall–Kier alpha value is -3.14. The van der Waals surface area contributed by atoms with Crippen LogP contribution in [-0.4, -0.2) is 74.4 Å². The van der Waals surface area contributed by atoms with Crippen LogP contribution in [0.5, 0.6) is 5.75 Å². The summed E-state index contributed by atoms with van der Waals surface area (Å²) in [6.07, 6.45) is 2.39. The van der Waals surface area contributed by atoms with E-state index in [9.17, 15) is 4.79 Å². The van der Waals surface area contributed by atoms with Crippen molar-refractivity contribution in [1.82, 2.24) is 35.0 Å². The monoisotopic (exact) mass is 439 g/mol. The highest BCUT2D eigenvalue weighted by molar-refractivity contribution is 5.86. The quantitative estimate of drug-likeness (QED) is 0.652. The molecule has 0 unspecified atom stereocenters. The van der Waals surface area contributed by atoms with E-state index in [-0.39, 0.29) is 12.1 Å². The van der Waals surface area contributed by atoms with Crippen molar-refractivity contribution in [1.29, 1.82) is 0 Å². The Labute approximate surface area is 186 Å². The minimum atomic E-state index is -0.233. The van der Waals surface area contributed by atoms with Gasteiger partial charge in [0.15, 0.2) is 5.82 Å². The molecule has 3 aromatic rings. The Morgan fingerprint density at radius 3 is 2.88 bits per heavy atom. The second-order valence-corrected chi connectivity index (χ2v) is 8.41. The average Bonchev–Trinajstić information content (AvgIpc) is 3.42. The van der Waals surface area contributed by atoms with Crippen molar-refractivity contribution in [3.05, 3.63) is 35.3 Å². The van der Waals surface area contributed by atoms with Gasteiger partial charge < -0.3 is 19.4 Å². The number of methoxy groups -OCH3 is 1. The molecule has 170 valence electrons. The number of likely N-dealkylation sites (tertiary alicyclic amines) is 1. The topological polar surface area (TPSA) is 101 Å². The van der Waals surface area contributed by atoms with Crippen LogP contribution < -0.4 is 4.74 Å². The zero-order valence-electron chi connectivity index (χ0n) is 18.6. The van der Waals surface area contributed by atoms with Crippen LogP contribution in [0.4, 0.5) is 4.79 Å². The zero-order valence-corrected chi connectivity index (χ0v) is 18.6. The smallest absolute Gasteiger partial charge is 0.409 e. The first-order valence-electron chi connectivity index (χ1n) is 11.2. The molecule has 0 saturated carbocycles. The van der Waals surface area contributed by atoms with E-state index in [0.717, 1.165) is 49.4 Å². The fraction of sp³-hybridized carbons (Fsp3) is 0.545. The molecule has 5 rings (SSSR count). The van der Waals surface area contributed by atoms with Gasteiger partial charge in [-0.15, -0.1) is 5.10 Å². The standard InChI is InChI=1S/C22H29N7O3/c1-3-32-22(30)28-10-6-15(7-11-28)29-21(24-25-26-29)14-27-9-8-17-18-12-16(31-2)4-5-19(18)23-20(17)13-27/h4-5,12,15,23H,3,6-11,13-14H2,1-2H3. The van der Waals surface area contributed by atoms with Gasteiger partial charge in [0, 0.05) is 42.8 Å². The number of benzene rings is 1. The van der Waals surface area contributed by atoms with E-state index in [1.165, 1.54) is 16.6 Å². The number of carbonyl (C=O) groups excluding carboxylic acids is 1. The van der Waals surface area contributed by atoms with Crippen LogP contribution in [0.1, 0.15) is 42.9 Å². The summed E-state index contributed by atoms with van der Waals surface area (Å²) >= 11 is 0. The van der Waals surface area contributed by atoms with Crippen molar-refractivity contribution >= 4 is 17.0 Å². The predicted octanol–water partition coefficient (Wildman–Crippen LogP) is 2.51. The van der Waals surface area contributed by atoms with E-state index >= 15 is 0 Å². The summed E-state index contributed by atoms with van der Waals surface area (Å²) in [7, 11) is 1.70. The van der Waals surface area contributed by atoms with Crippen LogP contribution in [0.25, 0.3) is 10.9 Å². The molecule has 32 heavy (non-hydrogen) atoms. The minimum absolute atomic E-state index is 0.201. The van der Waals surface area contributed by atoms with Gasteiger partial charge in [0.2, 0.25) is 0 Å². The van der Waals surface area contributed by atoms with Crippen molar-refractivity contribution in [3.8, 4) is 5.75 Å². The molecule has 0 atom stereocenters. The fourth-order valence-corrected chi connectivity index (χ4v) is 4.85. The Morgan fingerprint density at radius 1 is 1.25 bits per heavy atom. The van der Waals surface area contributed by atoms with Crippen LogP contribution in [0.2, 0.25) is 0 Å². The van der Waals surface area contributed by atoms with E-state index in [1.54, 1.807) is 12.0 Å². The number of nitrogens with zero attached hydrogens (tertiary/aromatic N) is 6. The second kappa shape index (κ2) is 8.78. The first-order valence-corrected chi connectivity index (χ1v) is 11.2. The summed E-state index contributed by atoms with van der Waals surface area (Å²) in [5.41, 5.74) is 3.78. The van der Waals surface area contributed by atoms with Crippen molar-refractivity contribution < 1.29 is 14.3 Å². The number of hydrogen-bond donors (Lipinski definition) is 1. The third kappa shape index (κ3) is 3.90. The first kappa shape index (κ1) is 20.7. The number of H-pyrrole nitrogens is 1. The van der Waals surface area contributed by atoms with Crippen molar-refractivity contribution in [2.24, 2.45) is 0 Å². The lowest BCUT2D eigenvalue weighted by atomic mass is 10.0. The van der Waals surface area contributed by atoms with Gasteiger partial charge in [-0.05, 0) is 60.4 Å². The second-order valence-electron chi connectivity index (χ2n) is 8.41. The van der Waals surface area contributed by atoms with E-state index in [4.69, 9.17) is 9.47 Å². The molecule has 0 aliphatic carbocycles. The molecule has 2 aliphatic rings. The number of carbonyl (C=O) groups is 1. The lowest BCUT2D eigenvalue weighted by Gasteiger charge is -2.32. The molecule has 1 aromatic carbocycles. The molecule has 10 nitrogen and oxygen atoms in total. The summed E-state index contributed by atoms with van der Waals surface area (Å²) < 4.78 is 12.5. The number of aromatic nitrogens is 5. The minimum Gasteiger partial charge on any atom is -0.497 e. The molecular formula is C22H29N7O3. The number of fused-ring (bicyclic) bond motifs is 3. The van der Waals surface area contributed by atoms with E-state index in [1.807, 2.05) is 17.7 Å². The molecule has 2 aromatic heterocycles. The van der Waals surface area contributed by atoms with Gasteiger partial charge in [0.25, 0.3) is 0 Å². The van der Waals surface area contributed by atoms with E-state index in [2.05, 4.69) is 37.5 Å². The molecule has 2 aliphatic heterocycles. The van der Waals surface area contributed by atoms with Crippen LogP contribution in [0, 0.1) is 0 Å². The van der Waals surface area contributed by atoms with Gasteiger partial charge in [-0.2, -0.15) is 0 Å². The normalized spacial score (nSPS) is 17.5. The summed E-state index contributed by atoms with van der Waals surface area (Å²) in [6.45, 7) is 6.03. The fourth-order valence-electron chi connectivity index (χ4n) is 4.85. The van der Waals surface area contributed by atoms with Gasteiger partial charge in [0.1, 0.15) is 5.75 Å². The van der Waals surface area contributed by atoms with E-state index in [0.29, 0.717) is 26.2 Å². The third-order valence-corrected chi connectivity index (χ3v) is 6.52. The molecular weight excluding hydrogens is 410 g/mol. The lowest BCUT2D eigenvalue weighted by Crippen LogP contribution is -2.40. The van der Waals surface area contributed by atoms with E-state index < -0.39 is 0 Å². The first-order chi connectivity index (χ1) is 15.7. The van der Waals surface area contributed by atoms with Gasteiger partial charge in [-0.1, -0.05) is 0 Å². The molecule has 1 N–H and O–H groups in total. The van der Waals surface area contributed by atoms with Crippen molar-refractivity contribution in [2.75, 3.05) is 33.4 Å².